The molecule has 2 heterocycles. The van der Waals surface area contributed by atoms with E-state index < -0.39 is 0 Å². The van der Waals surface area contributed by atoms with Crippen molar-refractivity contribution in [2.24, 2.45) is 5.92 Å². The molecule has 1 amide bonds. The highest BCUT2D eigenvalue weighted by atomic mass is 35.5. The number of anilines is 1. The van der Waals surface area contributed by atoms with E-state index in [2.05, 4.69) is 15.1 Å². The Kier molecular flexibility index (Phi) is 5.50. The Balaban J connectivity index is 1.39. The number of benzene rings is 1. The molecule has 27 heavy (non-hydrogen) atoms. The third-order valence-corrected chi connectivity index (χ3v) is 6.03. The van der Waals surface area contributed by atoms with E-state index in [9.17, 15) is 4.79 Å². The lowest BCUT2D eigenvalue weighted by atomic mass is 10.1. The first-order chi connectivity index (χ1) is 13.1. The fourth-order valence-electron chi connectivity index (χ4n) is 3.92. The first kappa shape index (κ1) is 18.5. The molecule has 1 saturated heterocycles. The third-order valence-electron chi connectivity index (χ3n) is 5.48. The molecule has 0 atom stereocenters. The predicted molar refractivity (Wildman–Crippen MR) is 108 cm³/mol. The molecule has 1 aliphatic heterocycles. The van der Waals surface area contributed by atoms with E-state index in [1.165, 1.54) is 12.8 Å². The van der Waals surface area contributed by atoms with Crippen LogP contribution in [0.1, 0.15) is 25.7 Å². The van der Waals surface area contributed by atoms with E-state index >= 15 is 0 Å². The number of hydrogen-bond donors (Lipinski definition) is 0. The number of nitrogens with zero attached hydrogens (tertiary/aromatic N) is 4. The van der Waals surface area contributed by atoms with Crippen LogP contribution in [0.4, 0.5) is 5.82 Å². The second kappa shape index (κ2) is 8.03. The highest BCUT2D eigenvalue weighted by molar-refractivity contribution is 6.36. The van der Waals surface area contributed by atoms with Gasteiger partial charge in [-0.1, -0.05) is 36.0 Å². The molecule has 0 bridgehead atoms. The van der Waals surface area contributed by atoms with E-state index in [1.807, 2.05) is 23.1 Å². The molecule has 4 rings (SSSR count). The van der Waals surface area contributed by atoms with Crippen LogP contribution in [-0.2, 0) is 4.79 Å². The minimum atomic E-state index is 0.250. The van der Waals surface area contributed by atoms with Gasteiger partial charge in [-0.05, 0) is 43.2 Å². The van der Waals surface area contributed by atoms with Crippen LogP contribution in [0.3, 0.4) is 0 Å². The van der Waals surface area contributed by atoms with E-state index in [-0.39, 0.29) is 5.92 Å². The molecule has 1 saturated carbocycles. The summed E-state index contributed by atoms with van der Waals surface area (Å²) in [5.74, 6) is 1.42. The summed E-state index contributed by atoms with van der Waals surface area (Å²) in [6, 6.07) is 9.23. The Morgan fingerprint density at radius 3 is 2.33 bits per heavy atom. The molecule has 1 aromatic carbocycles. The number of carbonyl (C=O) groups is 1. The molecule has 5 nitrogen and oxygen atoms in total. The lowest BCUT2D eigenvalue weighted by molar-refractivity contribution is -0.135. The smallest absolute Gasteiger partial charge is 0.225 e. The molecule has 0 spiro atoms. The number of amides is 1. The fourth-order valence-corrected chi connectivity index (χ4v) is 4.43. The van der Waals surface area contributed by atoms with Gasteiger partial charge in [0.05, 0.1) is 10.7 Å². The van der Waals surface area contributed by atoms with Gasteiger partial charge in [0.2, 0.25) is 5.91 Å². The van der Waals surface area contributed by atoms with Crippen LogP contribution in [0.2, 0.25) is 10.0 Å². The van der Waals surface area contributed by atoms with Gasteiger partial charge < -0.3 is 9.80 Å². The second-order valence-corrected chi connectivity index (χ2v) is 8.04. The van der Waals surface area contributed by atoms with Gasteiger partial charge in [0.1, 0.15) is 0 Å². The van der Waals surface area contributed by atoms with Gasteiger partial charge in [0, 0.05) is 42.7 Å². The third kappa shape index (κ3) is 4.04. The standard InChI is InChI=1S/C20H22Cl2N4O/c21-15-5-6-16(17(22)13-15)18-7-8-19(24-23-18)25-9-11-26(12-10-25)20(27)14-3-1-2-4-14/h5-8,13-14H,1-4,9-12H2. The predicted octanol–water partition coefficient (Wildman–Crippen LogP) is 4.29. The number of aromatic nitrogens is 2. The van der Waals surface area contributed by atoms with Crippen molar-refractivity contribution in [3.05, 3.63) is 40.4 Å². The lowest BCUT2D eigenvalue weighted by Crippen LogP contribution is -2.50. The Morgan fingerprint density at radius 1 is 0.963 bits per heavy atom. The average Bonchev–Trinajstić information content (AvgIpc) is 3.23. The minimum absolute atomic E-state index is 0.250. The molecule has 142 valence electrons. The summed E-state index contributed by atoms with van der Waals surface area (Å²) < 4.78 is 0. The van der Waals surface area contributed by atoms with E-state index in [0.29, 0.717) is 16.0 Å². The summed E-state index contributed by atoms with van der Waals surface area (Å²) in [4.78, 5) is 16.8. The van der Waals surface area contributed by atoms with Crippen molar-refractivity contribution in [3.63, 3.8) is 0 Å². The van der Waals surface area contributed by atoms with Crippen LogP contribution >= 0.6 is 23.2 Å². The molecule has 0 N–H and O–H groups in total. The molecule has 2 aliphatic rings. The molecular weight excluding hydrogens is 383 g/mol. The largest absolute Gasteiger partial charge is 0.352 e. The number of piperazine rings is 1. The number of halogens is 2. The first-order valence-electron chi connectivity index (χ1n) is 9.45. The van der Waals surface area contributed by atoms with Crippen molar-refractivity contribution in [1.82, 2.24) is 15.1 Å². The van der Waals surface area contributed by atoms with Crippen molar-refractivity contribution in [3.8, 4) is 11.3 Å². The van der Waals surface area contributed by atoms with E-state index in [4.69, 9.17) is 23.2 Å². The Labute approximate surface area is 169 Å². The van der Waals surface area contributed by atoms with Crippen LogP contribution in [-0.4, -0.2) is 47.2 Å². The van der Waals surface area contributed by atoms with Crippen molar-refractivity contribution in [2.75, 3.05) is 31.1 Å². The van der Waals surface area contributed by atoms with Gasteiger partial charge in [0.15, 0.2) is 5.82 Å². The van der Waals surface area contributed by atoms with Crippen molar-refractivity contribution in [2.45, 2.75) is 25.7 Å². The van der Waals surface area contributed by atoms with Gasteiger partial charge in [-0.15, -0.1) is 10.2 Å². The molecule has 7 heteroatoms. The highest BCUT2D eigenvalue weighted by Gasteiger charge is 2.29. The summed E-state index contributed by atoms with van der Waals surface area (Å²) in [5.41, 5.74) is 1.53. The van der Waals surface area contributed by atoms with Crippen LogP contribution in [0.5, 0.6) is 0 Å². The molecular formula is C20H22Cl2N4O. The normalized spacial score (nSPS) is 18.1. The maximum absolute atomic E-state index is 12.6. The summed E-state index contributed by atoms with van der Waals surface area (Å²) in [5, 5.41) is 9.86. The van der Waals surface area contributed by atoms with E-state index in [0.717, 1.165) is 56.1 Å². The zero-order valence-electron chi connectivity index (χ0n) is 15.1. The topological polar surface area (TPSA) is 49.3 Å². The zero-order chi connectivity index (χ0) is 18.8. The Morgan fingerprint density at radius 2 is 1.70 bits per heavy atom. The Bertz CT molecular complexity index is 813. The molecule has 1 aliphatic carbocycles. The molecule has 0 unspecified atom stereocenters. The van der Waals surface area contributed by atoms with Gasteiger partial charge in [0.25, 0.3) is 0 Å². The second-order valence-electron chi connectivity index (χ2n) is 7.19. The zero-order valence-corrected chi connectivity index (χ0v) is 16.6. The van der Waals surface area contributed by atoms with Crippen molar-refractivity contribution >= 4 is 34.9 Å². The summed E-state index contributed by atoms with van der Waals surface area (Å²) in [6.45, 7) is 3.08. The lowest BCUT2D eigenvalue weighted by Gasteiger charge is -2.36. The first-order valence-corrected chi connectivity index (χ1v) is 10.2. The van der Waals surface area contributed by atoms with Crippen LogP contribution in [0, 0.1) is 5.92 Å². The molecule has 2 fully saturated rings. The quantitative estimate of drug-likeness (QED) is 0.765. The average molecular weight is 405 g/mol. The van der Waals surface area contributed by atoms with Crippen LogP contribution in [0.25, 0.3) is 11.3 Å². The summed E-state index contributed by atoms with van der Waals surface area (Å²) in [6.07, 6.45) is 4.49. The van der Waals surface area contributed by atoms with Crippen LogP contribution in [0.15, 0.2) is 30.3 Å². The fraction of sp³-hybridized carbons (Fsp3) is 0.450. The Hall–Kier alpha value is -1.85. The number of rotatable bonds is 3. The van der Waals surface area contributed by atoms with Crippen LogP contribution < -0.4 is 4.90 Å². The van der Waals surface area contributed by atoms with E-state index in [1.54, 1.807) is 12.1 Å². The van der Waals surface area contributed by atoms with Gasteiger partial charge in [-0.3, -0.25) is 4.79 Å². The maximum Gasteiger partial charge on any atom is 0.225 e. The highest BCUT2D eigenvalue weighted by Crippen LogP contribution is 2.30. The monoisotopic (exact) mass is 404 g/mol. The van der Waals surface area contributed by atoms with Crippen molar-refractivity contribution < 1.29 is 4.79 Å². The molecule has 1 aromatic heterocycles. The van der Waals surface area contributed by atoms with Crippen molar-refractivity contribution in [1.29, 1.82) is 0 Å². The number of hydrogen-bond acceptors (Lipinski definition) is 4. The number of carbonyl (C=O) groups excluding carboxylic acids is 1. The van der Waals surface area contributed by atoms with Gasteiger partial charge in [-0.25, -0.2) is 0 Å². The summed E-state index contributed by atoms with van der Waals surface area (Å²) >= 11 is 12.2. The SMILES string of the molecule is O=C(C1CCCC1)N1CCN(c2ccc(-c3ccc(Cl)cc3Cl)nn2)CC1. The van der Waals surface area contributed by atoms with Gasteiger partial charge >= 0.3 is 0 Å². The molecule has 2 aromatic rings. The molecule has 0 radical (unpaired) electrons. The minimum Gasteiger partial charge on any atom is -0.352 e. The maximum atomic E-state index is 12.6. The summed E-state index contributed by atoms with van der Waals surface area (Å²) in [7, 11) is 0. The van der Waals surface area contributed by atoms with Gasteiger partial charge in [-0.2, -0.15) is 0 Å².